The molecule has 0 saturated carbocycles. The van der Waals surface area contributed by atoms with Crippen molar-refractivity contribution in [1.29, 1.82) is 0 Å². The Morgan fingerprint density at radius 1 is 1.33 bits per heavy atom. The van der Waals surface area contributed by atoms with Gasteiger partial charge in [0.15, 0.2) is 0 Å². The van der Waals surface area contributed by atoms with Crippen LogP contribution < -0.4 is 10.2 Å². The molecule has 1 N–H and O–H groups in total. The largest absolute Gasteiger partial charge is 0.451 e. The first-order valence-corrected chi connectivity index (χ1v) is 8.14. The van der Waals surface area contributed by atoms with Gasteiger partial charge < -0.3 is 10.2 Å². The summed E-state index contributed by atoms with van der Waals surface area (Å²) >= 11 is 1.66. The Hall–Kier alpha value is -1.18. The van der Waals surface area contributed by atoms with Crippen LogP contribution in [0.2, 0.25) is 0 Å². The van der Waals surface area contributed by atoms with Gasteiger partial charge in [-0.25, -0.2) is 9.97 Å². The van der Waals surface area contributed by atoms with Crippen molar-refractivity contribution in [3.8, 4) is 0 Å². The highest BCUT2D eigenvalue weighted by Gasteiger charge is 2.36. The van der Waals surface area contributed by atoms with Crippen molar-refractivity contribution in [2.75, 3.05) is 35.8 Å². The van der Waals surface area contributed by atoms with Gasteiger partial charge in [-0.1, -0.05) is 6.92 Å². The van der Waals surface area contributed by atoms with E-state index in [-0.39, 0.29) is 17.7 Å². The first-order valence-electron chi connectivity index (χ1n) is 6.75. The third-order valence-electron chi connectivity index (χ3n) is 3.06. The molecule has 0 fully saturated rings. The zero-order valence-electron chi connectivity index (χ0n) is 12.7. The molecule has 1 aromatic heterocycles. The lowest BCUT2D eigenvalue weighted by atomic mass is 10.2. The molecule has 0 aromatic carbocycles. The molecule has 1 rings (SSSR count). The maximum absolute atomic E-state index is 12.9. The average Bonchev–Trinajstić information content (AvgIpc) is 2.43. The lowest BCUT2D eigenvalue weighted by Crippen LogP contribution is -2.34. The summed E-state index contributed by atoms with van der Waals surface area (Å²) in [4.78, 5) is 8.99. The van der Waals surface area contributed by atoms with E-state index in [1.165, 1.54) is 0 Å². The van der Waals surface area contributed by atoms with Gasteiger partial charge in [0.1, 0.15) is 11.6 Å². The molecule has 0 amide bonds. The number of halogens is 3. The average molecular weight is 322 g/mol. The van der Waals surface area contributed by atoms with E-state index in [0.717, 1.165) is 12.2 Å². The Labute approximate surface area is 127 Å². The molecule has 8 heteroatoms. The Kier molecular flexibility index (Phi) is 6.57. The zero-order valence-corrected chi connectivity index (χ0v) is 13.5. The fourth-order valence-electron chi connectivity index (χ4n) is 1.90. The smallest absolute Gasteiger partial charge is 0.370 e. The Balaban J connectivity index is 3.17. The highest BCUT2D eigenvalue weighted by Crippen LogP contribution is 2.29. The SMILES string of the molecule is CCNc1cc(N(C)C(CC)CSC)nc(C(F)(F)F)n1. The van der Waals surface area contributed by atoms with Crippen molar-refractivity contribution >= 4 is 23.4 Å². The number of rotatable bonds is 7. The van der Waals surface area contributed by atoms with Crippen LogP contribution in [0.4, 0.5) is 24.8 Å². The van der Waals surface area contributed by atoms with Crippen LogP contribution in [0.1, 0.15) is 26.1 Å². The summed E-state index contributed by atoms with van der Waals surface area (Å²) in [6, 6.07) is 1.69. The molecule has 0 bridgehead atoms. The van der Waals surface area contributed by atoms with E-state index in [1.54, 1.807) is 36.7 Å². The normalized spacial score (nSPS) is 13.1. The number of anilines is 2. The second-order valence-corrected chi connectivity index (χ2v) is 5.50. The zero-order chi connectivity index (χ0) is 16.0. The summed E-state index contributed by atoms with van der Waals surface area (Å²) in [6.07, 6.45) is -1.75. The van der Waals surface area contributed by atoms with Gasteiger partial charge in [0.2, 0.25) is 5.82 Å². The number of nitrogens with zero attached hydrogens (tertiary/aromatic N) is 3. The molecule has 0 aliphatic rings. The number of aromatic nitrogens is 2. The van der Waals surface area contributed by atoms with Crippen molar-refractivity contribution in [2.24, 2.45) is 0 Å². The van der Waals surface area contributed by atoms with Crippen molar-refractivity contribution in [3.05, 3.63) is 11.9 Å². The van der Waals surface area contributed by atoms with Crippen LogP contribution in [0.5, 0.6) is 0 Å². The third kappa shape index (κ3) is 4.94. The summed E-state index contributed by atoms with van der Waals surface area (Å²) in [5, 5.41) is 2.82. The predicted octanol–water partition coefficient (Wildman–Crippen LogP) is 3.51. The molecule has 120 valence electrons. The van der Waals surface area contributed by atoms with Gasteiger partial charge in [0.25, 0.3) is 0 Å². The van der Waals surface area contributed by atoms with Crippen molar-refractivity contribution in [2.45, 2.75) is 32.5 Å². The fourth-order valence-corrected chi connectivity index (χ4v) is 2.74. The van der Waals surface area contributed by atoms with Crippen molar-refractivity contribution in [1.82, 2.24) is 9.97 Å². The lowest BCUT2D eigenvalue weighted by Gasteiger charge is -2.28. The van der Waals surface area contributed by atoms with Crippen LogP contribution in [0.3, 0.4) is 0 Å². The molecule has 21 heavy (non-hydrogen) atoms. The number of alkyl halides is 3. The van der Waals surface area contributed by atoms with E-state index < -0.39 is 12.0 Å². The first-order chi connectivity index (χ1) is 9.83. The van der Waals surface area contributed by atoms with Crippen LogP contribution in [0.25, 0.3) is 0 Å². The molecular weight excluding hydrogens is 301 g/mol. The van der Waals surface area contributed by atoms with E-state index in [1.807, 2.05) is 13.2 Å². The fraction of sp³-hybridized carbons (Fsp3) is 0.692. The molecule has 0 radical (unpaired) electrons. The summed E-state index contributed by atoms with van der Waals surface area (Å²) in [7, 11) is 1.77. The number of thioether (sulfide) groups is 1. The van der Waals surface area contributed by atoms with Gasteiger partial charge in [0, 0.05) is 31.5 Å². The van der Waals surface area contributed by atoms with Crippen LogP contribution in [-0.2, 0) is 6.18 Å². The van der Waals surface area contributed by atoms with Gasteiger partial charge in [0.05, 0.1) is 0 Å². The molecule has 1 unspecified atom stereocenters. The molecular formula is C13H21F3N4S. The molecule has 0 aliphatic heterocycles. The Morgan fingerprint density at radius 3 is 2.48 bits per heavy atom. The number of nitrogens with one attached hydrogen (secondary N) is 1. The van der Waals surface area contributed by atoms with Crippen molar-refractivity contribution in [3.63, 3.8) is 0 Å². The second-order valence-electron chi connectivity index (χ2n) is 4.59. The minimum atomic E-state index is -4.55. The van der Waals surface area contributed by atoms with Gasteiger partial charge >= 0.3 is 6.18 Å². The molecule has 0 saturated heterocycles. The maximum atomic E-state index is 12.9. The molecule has 0 spiro atoms. The Bertz CT molecular complexity index is 454. The summed E-state index contributed by atoms with van der Waals surface area (Å²) in [5.41, 5.74) is 0. The van der Waals surface area contributed by atoms with E-state index in [4.69, 9.17) is 0 Å². The van der Waals surface area contributed by atoms with Gasteiger partial charge in [-0.3, -0.25) is 0 Å². The highest BCUT2D eigenvalue weighted by molar-refractivity contribution is 7.98. The lowest BCUT2D eigenvalue weighted by molar-refractivity contribution is -0.144. The summed E-state index contributed by atoms with van der Waals surface area (Å²) < 4.78 is 38.7. The first kappa shape index (κ1) is 17.9. The molecule has 4 nitrogen and oxygen atoms in total. The van der Waals surface area contributed by atoms with E-state index in [2.05, 4.69) is 15.3 Å². The van der Waals surface area contributed by atoms with Crippen LogP contribution >= 0.6 is 11.8 Å². The molecule has 0 aliphatic carbocycles. The number of hydrogen-bond acceptors (Lipinski definition) is 5. The quantitative estimate of drug-likeness (QED) is 0.832. The second kappa shape index (κ2) is 7.72. The van der Waals surface area contributed by atoms with Gasteiger partial charge in [-0.15, -0.1) is 0 Å². The summed E-state index contributed by atoms with van der Waals surface area (Å²) in [6.45, 7) is 4.31. The topological polar surface area (TPSA) is 41.0 Å². The van der Waals surface area contributed by atoms with E-state index in [9.17, 15) is 13.2 Å². The standard InChI is InChI=1S/C13H21F3N4S/c1-5-9(8-21-4)20(3)11-7-10(17-6-2)18-12(19-11)13(14,15)16/h7,9H,5-6,8H2,1-4H3,(H,17,18,19). The van der Waals surface area contributed by atoms with Crippen LogP contribution in [0.15, 0.2) is 6.07 Å². The van der Waals surface area contributed by atoms with Crippen molar-refractivity contribution < 1.29 is 13.2 Å². The number of hydrogen-bond donors (Lipinski definition) is 1. The molecule has 1 heterocycles. The predicted molar refractivity (Wildman–Crippen MR) is 82.1 cm³/mol. The monoisotopic (exact) mass is 322 g/mol. The summed E-state index contributed by atoms with van der Waals surface area (Å²) in [5.74, 6) is 0.200. The molecule has 1 aromatic rings. The molecule has 1 atom stereocenters. The minimum absolute atomic E-state index is 0.130. The van der Waals surface area contributed by atoms with Gasteiger partial charge in [-0.05, 0) is 19.6 Å². The Morgan fingerprint density at radius 2 is 2.00 bits per heavy atom. The van der Waals surface area contributed by atoms with E-state index in [0.29, 0.717) is 6.54 Å². The maximum Gasteiger partial charge on any atom is 0.451 e. The van der Waals surface area contributed by atoms with Gasteiger partial charge in [-0.2, -0.15) is 24.9 Å². The van der Waals surface area contributed by atoms with Crippen LogP contribution in [-0.4, -0.2) is 41.6 Å². The van der Waals surface area contributed by atoms with E-state index >= 15 is 0 Å². The third-order valence-corrected chi connectivity index (χ3v) is 3.78. The highest BCUT2D eigenvalue weighted by atomic mass is 32.2. The minimum Gasteiger partial charge on any atom is -0.370 e. The van der Waals surface area contributed by atoms with Crippen LogP contribution in [0, 0.1) is 0 Å².